The maximum Gasteiger partial charge on any atom is 0.0682 e. The van der Waals surface area contributed by atoms with Crippen molar-refractivity contribution in [3.63, 3.8) is 0 Å². The average Bonchev–Trinajstić information content (AvgIpc) is 2.79. The highest BCUT2D eigenvalue weighted by molar-refractivity contribution is 4.96. The maximum atomic E-state index is 10.2. The molecule has 124 valence electrons. The number of aliphatic hydroxyl groups is 1. The average molecular weight is 297 g/mol. The van der Waals surface area contributed by atoms with E-state index in [9.17, 15) is 5.11 Å². The molecule has 1 saturated carbocycles. The van der Waals surface area contributed by atoms with Gasteiger partial charge in [0.1, 0.15) is 0 Å². The van der Waals surface area contributed by atoms with Gasteiger partial charge in [-0.15, -0.1) is 0 Å². The monoisotopic (exact) mass is 297 g/mol. The van der Waals surface area contributed by atoms with E-state index in [1.165, 1.54) is 32.1 Å². The van der Waals surface area contributed by atoms with Gasteiger partial charge in [-0.3, -0.25) is 4.90 Å². The predicted molar refractivity (Wildman–Crippen MR) is 88.3 cm³/mol. The molecule has 1 aliphatic heterocycles. The van der Waals surface area contributed by atoms with E-state index in [1.807, 2.05) is 0 Å². The van der Waals surface area contributed by atoms with Crippen LogP contribution in [0.3, 0.4) is 0 Å². The Hall–Kier alpha value is -0.160. The third kappa shape index (κ3) is 4.41. The van der Waals surface area contributed by atoms with Crippen molar-refractivity contribution in [2.24, 2.45) is 17.6 Å². The van der Waals surface area contributed by atoms with Crippen LogP contribution in [0.4, 0.5) is 0 Å². The number of nitrogens with two attached hydrogens (primary N) is 1. The Kier molecular flexibility index (Phi) is 6.48. The lowest BCUT2D eigenvalue weighted by Gasteiger charge is -2.43. The summed E-state index contributed by atoms with van der Waals surface area (Å²) in [6.45, 7) is 4.98. The molecule has 21 heavy (non-hydrogen) atoms. The molecule has 0 amide bonds. The van der Waals surface area contributed by atoms with Gasteiger partial charge in [0, 0.05) is 25.2 Å². The van der Waals surface area contributed by atoms with Crippen LogP contribution in [0.15, 0.2) is 0 Å². The minimum Gasteiger partial charge on any atom is -0.392 e. The zero-order valence-electron chi connectivity index (χ0n) is 14.2. The minimum absolute atomic E-state index is 0.153. The number of nitrogens with zero attached hydrogens (tertiary/aromatic N) is 2. The largest absolute Gasteiger partial charge is 0.392 e. The fourth-order valence-corrected chi connectivity index (χ4v) is 4.57. The lowest BCUT2D eigenvalue weighted by atomic mass is 9.75. The summed E-state index contributed by atoms with van der Waals surface area (Å²) < 4.78 is 0. The number of hydrogen-bond acceptors (Lipinski definition) is 4. The Labute approximate surface area is 130 Å². The van der Waals surface area contributed by atoms with E-state index in [1.54, 1.807) is 0 Å². The number of β-amino-alcohol motifs (C(OH)–C–C–N with tert-alkyl or cyclic N) is 1. The van der Waals surface area contributed by atoms with Crippen LogP contribution in [-0.2, 0) is 0 Å². The summed E-state index contributed by atoms with van der Waals surface area (Å²) in [4.78, 5) is 4.85. The molecule has 2 fully saturated rings. The topological polar surface area (TPSA) is 52.7 Å². The standard InChI is InChI=1S/C17H35N3O/c1-4-5-13-6-7-14(10-18)17(8-13)20-12-16(21)9-15(20)11-19(2)3/h13-17,21H,4-12,18H2,1-3H3. The van der Waals surface area contributed by atoms with E-state index in [2.05, 4.69) is 30.8 Å². The molecule has 0 bridgehead atoms. The van der Waals surface area contributed by atoms with Gasteiger partial charge >= 0.3 is 0 Å². The second-order valence-electron chi connectivity index (χ2n) is 7.53. The second-order valence-corrected chi connectivity index (χ2v) is 7.53. The van der Waals surface area contributed by atoms with Crippen molar-refractivity contribution in [3.8, 4) is 0 Å². The summed E-state index contributed by atoms with van der Waals surface area (Å²) in [5.74, 6) is 1.48. The summed E-state index contributed by atoms with van der Waals surface area (Å²) in [7, 11) is 4.26. The molecule has 1 saturated heterocycles. The van der Waals surface area contributed by atoms with Crippen molar-refractivity contribution >= 4 is 0 Å². The van der Waals surface area contributed by atoms with Gasteiger partial charge in [0.05, 0.1) is 6.10 Å². The Morgan fingerprint density at radius 2 is 2.00 bits per heavy atom. The van der Waals surface area contributed by atoms with Crippen LogP contribution in [0.1, 0.15) is 45.4 Å². The zero-order valence-corrected chi connectivity index (χ0v) is 14.2. The van der Waals surface area contributed by atoms with E-state index in [0.29, 0.717) is 18.0 Å². The van der Waals surface area contributed by atoms with Gasteiger partial charge in [0.25, 0.3) is 0 Å². The van der Waals surface area contributed by atoms with Gasteiger partial charge < -0.3 is 15.7 Å². The number of likely N-dealkylation sites (tertiary alicyclic amines) is 1. The first-order valence-electron chi connectivity index (χ1n) is 8.83. The molecule has 5 unspecified atom stereocenters. The van der Waals surface area contributed by atoms with Crippen LogP contribution in [0.5, 0.6) is 0 Å². The van der Waals surface area contributed by atoms with Crippen LogP contribution < -0.4 is 5.73 Å². The highest BCUT2D eigenvalue weighted by Gasteiger charge is 2.41. The van der Waals surface area contributed by atoms with Crippen LogP contribution in [0.2, 0.25) is 0 Å². The summed E-state index contributed by atoms with van der Waals surface area (Å²) in [5, 5.41) is 10.2. The summed E-state index contributed by atoms with van der Waals surface area (Å²) >= 11 is 0. The van der Waals surface area contributed by atoms with E-state index in [0.717, 1.165) is 32.0 Å². The van der Waals surface area contributed by atoms with Crippen LogP contribution in [0, 0.1) is 11.8 Å². The van der Waals surface area contributed by atoms with Crippen molar-refractivity contribution in [3.05, 3.63) is 0 Å². The third-order valence-corrected chi connectivity index (χ3v) is 5.50. The van der Waals surface area contributed by atoms with E-state index >= 15 is 0 Å². The van der Waals surface area contributed by atoms with E-state index in [4.69, 9.17) is 5.73 Å². The molecule has 4 heteroatoms. The fraction of sp³-hybridized carbons (Fsp3) is 1.00. The Morgan fingerprint density at radius 3 is 2.62 bits per heavy atom. The Bertz CT molecular complexity index is 310. The van der Waals surface area contributed by atoms with Crippen molar-refractivity contribution in [2.45, 2.75) is 63.6 Å². The molecular formula is C17H35N3O. The van der Waals surface area contributed by atoms with E-state index < -0.39 is 0 Å². The normalized spacial score (nSPS) is 38.3. The number of aliphatic hydroxyl groups excluding tert-OH is 1. The number of hydrogen-bond donors (Lipinski definition) is 2. The van der Waals surface area contributed by atoms with Gasteiger partial charge in [0.15, 0.2) is 0 Å². The molecule has 0 aromatic heterocycles. The summed E-state index contributed by atoms with van der Waals surface area (Å²) in [6, 6.07) is 1.08. The molecule has 5 atom stereocenters. The molecule has 1 heterocycles. The van der Waals surface area contributed by atoms with E-state index in [-0.39, 0.29) is 6.10 Å². The molecule has 0 aromatic rings. The minimum atomic E-state index is -0.153. The first-order chi connectivity index (χ1) is 10.0. The third-order valence-electron chi connectivity index (χ3n) is 5.50. The molecule has 2 rings (SSSR count). The molecular weight excluding hydrogens is 262 g/mol. The van der Waals surface area contributed by atoms with Gasteiger partial charge in [-0.25, -0.2) is 0 Å². The highest BCUT2D eigenvalue weighted by atomic mass is 16.3. The van der Waals surface area contributed by atoms with Gasteiger partial charge in [-0.1, -0.05) is 26.2 Å². The number of likely N-dealkylation sites (N-methyl/N-ethyl adjacent to an activating group) is 1. The summed E-state index contributed by atoms with van der Waals surface area (Å²) in [6.07, 6.45) is 7.31. The molecule has 1 aliphatic carbocycles. The van der Waals surface area contributed by atoms with Crippen LogP contribution in [0.25, 0.3) is 0 Å². The zero-order chi connectivity index (χ0) is 15.4. The molecule has 2 aliphatic rings. The fourth-order valence-electron chi connectivity index (χ4n) is 4.57. The van der Waals surface area contributed by atoms with Gasteiger partial charge in [0.2, 0.25) is 0 Å². The first-order valence-corrected chi connectivity index (χ1v) is 8.83. The lowest BCUT2D eigenvalue weighted by Crippen LogP contribution is -2.51. The molecule has 0 spiro atoms. The highest BCUT2D eigenvalue weighted by Crippen LogP contribution is 2.37. The Balaban J connectivity index is 2.06. The Morgan fingerprint density at radius 1 is 1.24 bits per heavy atom. The van der Waals surface area contributed by atoms with Crippen molar-refractivity contribution in [2.75, 3.05) is 33.7 Å². The number of rotatable bonds is 6. The van der Waals surface area contributed by atoms with Crippen LogP contribution >= 0.6 is 0 Å². The molecule has 3 N–H and O–H groups in total. The first kappa shape index (κ1) is 17.2. The molecule has 0 aromatic carbocycles. The van der Waals surface area contributed by atoms with Gasteiger partial charge in [-0.2, -0.15) is 0 Å². The summed E-state index contributed by atoms with van der Waals surface area (Å²) in [5.41, 5.74) is 6.06. The lowest BCUT2D eigenvalue weighted by molar-refractivity contribution is 0.0543. The quantitative estimate of drug-likeness (QED) is 0.780. The SMILES string of the molecule is CCCC1CCC(CN)C(N2CC(O)CC2CN(C)C)C1. The second kappa shape index (κ2) is 7.91. The maximum absolute atomic E-state index is 10.2. The van der Waals surface area contributed by atoms with Crippen molar-refractivity contribution < 1.29 is 5.11 Å². The van der Waals surface area contributed by atoms with Gasteiger partial charge in [-0.05, 0) is 51.7 Å². The molecule has 4 nitrogen and oxygen atoms in total. The predicted octanol–water partition coefficient (Wildman–Crippen LogP) is 1.53. The van der Waals surface area contributed by atoms with Crippen LogP contribution in [-0.4, -0.2) is 66.8 Å². The van der Waals surface area contributed by atoms with Crippen molar-refractivity contribution in [1.82, 2.24) is 9.80 Å². The molecule has 0 radical (unpaired) electrons. The smallest absolute Gasteiger partial charge is 0.0682 e. The van der Waals surface area contributed by atoms with Crippen molar-refractivity contribution in [1.29, 1.82) is 0 Å².